The minimum atomic E-state index is 0.0237. The molecule has 4 aromatic carbocycles. The van der Waals surface area contributed by atoms with Gasteiger partial charge in [-0.2, -0.15) is 0 Å². The molecule has 4 aromatic rings. The smallest absolute Gasteiger partial charge is 0.197 e. The van der Waals surface area contributed by atoms with Crippen molar-refractivity contribution in [2.24, 2.45) is 0 Å². The van der Waals surface area contributed by atoms with Crippen LogP contribution in [0.25, 0.3) is 21.5 Å². The molecular weight excluding hydrogens is 374 g/mol. The molecule has 2 aliphatic rings. The highest BCUT2D eigenvalue weighted by molar-refractivity contribution is 6.23. The predicted molar refractivity (Wildman–Crippen MR) is 119 cm³/mol. The quantitative estimate of drug-likeness (QED) is 0.334. The van der Waals surface area contributed by atoms with Gasteiger partial charge in [0.15, 0.2) is 17.5 Å². The van der Waals surface area contributed by atoms with E-state index < -0.39 is 0 Å². The summed E-state index contributed by atoms with van der Waals surface area (Å²) in [6.45, 7) is 0. The summed E-state index contributed by atoms with van der Waals surface area (Å²) in [5.74, 6) is 0.137. The van der Waals surface area contributed by atoms with Crippen LogP contribution in [0.1, 0.15) is 31.8 Å². The molecule has 0 radical (unpaired) electrons. The van der Waals surface area contributed by atoms with E-state index in [1.165, 1.54) is 0 Å². The maximum Gasteiger partial charge on any atom is 0.197 e. The topological polar surface area (TPSA) is 82.1 Å². The third-order valence-corrected chi connectivity index (χ3v) is 6.04. The molecule has 0 amide bonds. The lowest BCUT2D eigenvalue weighted by Crippen LogP contribution is -2.22. The Morgan fingerprint density at radius 2 is 1.13 bits per heavy atom. The third-order valence-electron chi connectivity index (χ3n) is 6.04. The average molecular weight is 391 g/mol. The second-order valence-corrected chi connectivity index (χ2v) is 7.83. The molecule has 0 atom stereocenters. The number of hydrogen-bond acceptors (Lipinski definition) is 3. The summed E-state index contributed by atoms with van der Waals surface area (Å²) in [6, 6.07) is 19.5. The van der Waals surface area contributed by atoms with Crippen molar-refractivity contribution in [3.8, 4) is 0 Å². The van der Waals surface area contributed by atoms with E-state index in [0.29, 0.717) is 35.3 Å². The Morgan fingerprint density at radius 3 is 1.60 bits per heavy atom. The Balaban J connectivity index is 1.36. The van der Waals surface area contributed by atoms with Crippen molar-refractivity contribution in [2.75, 3.05) is 10.6 Å². The van der Waals surface area contributed by atoms with Crippen molar-refractivity contribution >= 4 is 50.4 Å². The van der Waals surface area contributed by atoms with Gasteiger partial charge in [-0.3, -0.25) is 15.0 Å². The molecule has 5 heteroatoms. The highest BCUT2D eigenvalue weighted by Gasteiger charge is 2.27. The van der Waals surface area contributed by atoms with Gasteiger partial charge in [0.1, 0.15) is 0 Å². The minimum absolute atomic E-state index is 0.0237. The number of benzene rings is 4. The first kappa shape index (κ1) is 16.9. The van der Waals surface area contributed by atoms with Gasteiger partial charge in [-0.15, -0.1) is 0 Å². The van der Waals surface area contributed by atoms with E-state index >= 15 is 0 Å². The lowest BCUT2D eigenvalue weighted by Gasteiger charge is -2.15. The molecule has 144 valence electrons. The first-order chi connectivity index (χ1) is 14.6. The summed E-state index contributed by atoms with van der Waals surface area (Å²) in [4.78, 5) is 25.3. The van der Waals surface area contributed by atoms with Gasteiger partial charge >= 0.3 is 0 Å². The van der Waals surface area contributed by atoms with Gasteiger partial charge in [-0.05, 0) is 44.8 Å². The van der Waals surface area contributed by atoms with Crippen LogP contribution in [-0.2, 0) is 12.8 Å². The molecule has 0 aliphatic heterocycles. The second kappa shape index (κ2) is 6.00. The van der Waals surface area contributed by atoms with Crippen LogP contribution in [0, 0.1) is 5.41 Å². The number of anilines is 2. The van der Waals surface area contributed by atoms with Crippen LogP contribution < -0.4 is 10.6 Å². The summed E-state index contributed by atoms with van der Waals surface area (Å²) in [7, 11) is 0. The lowest BCUT2D eigenvalue weighted by molar-refractivity contribution is 0.0992. The monoisotopic (exact) mass is 391 g/mol. The number of rotatable bonds is 2. The zero-order valence-electron chi connectivity index (χ0n) is 16.0. The number of ketones is 2. The summed E-state index contributed by atoms with van der Waals surface area (Å²) in [5.41, 5.74) is 4.54. The van der Waals surface area contributed by atoms with Crippen LogP contribution >= 0.6 is 0 Å². The van der Waals surface area contributed by atoms with Crippen molar-refractivity contribution in [1.29, 1.82) is 5.41 Å². The first-order valence-corrected chi connectivity index (χ1v) is 9.88. The van der Waals surface area contributed by atoms with Gasteiger partial charge in [-0.25, -0.2) is 0 Å². The normalized spacial score (nSPS) is 14.0. The van der Waals surface area contributed by atoms with Crippen molar-refractivity contribution in [1.82, 2.24) is 0 Å². The van der Waals surface area contributed by atoms with E-state index in [2.05, 4.69) is 10.6 Å². The highest BCUT2D eigenvalue weighted by Crippen LogP contribution is 2.37. The Hall–Kier alpha value is -3.99. The first-order valence-electron chi connectivity index (χ1n) is 9.88. The number of hydrogen-bond donors (Lipinski definition) is 3. The summed E-state index contributed by atoms with van der Waals surface area (Å²) in [5, 5.41) is 18.5. The fourth-order valence-corrected chi connectivity index (χ4v) is 4.82. The zero-order valence-corrected chi connectivity index (χ0v) is 16.0. The van der Waals surface area contributed by atoms with Gasteiger partial charge in [0.25, 0.3) is 0 Å². The third kappa shape index (κ3) is 2.32. The number of carbonyl (C=O) groups excluding carboxylic acids is 2. The van der Waals surface area contributed by atoms with Crippen LogP contribution in [0.3, 0.4) is 0 Å². The Morgan fingerprint density at radius 1 is 0.667 bits per heavy atom. The summed E-state index contributed by atoms with van der Waals surface area (Å²) in [6.07, 6.45) is 0.774. The second-order valence-electron chi connectivity index (χ2n) is 7.83. The molecule has 5 nitrogen and oxygen atoms in total. The summed E-state index contributed by atoms with van der Waals surface area (Å²) >= 11 is 0. The van der Waals surface area contributed by atoms with Crippen LogP contribution in [0.4, 0.5) is 11.4 Å². The minimum Gasteiger partial charge on any atom is -0.326 e. The van der Waals surface area contributed by atoms with Gasteiger partial charge in [0.05, 0.1) is 11.4 Å². The molecule has 0 unspecified atom stereocenters. The average Bonchev–Trinajstić information content (AvgIpc) is 3.25. The zero-order chi connectivity index (χ0) is 20.4. The van der Waals surface area contributed by atoms with Gasteiger partial charge < -0.3 is 10.6 Å². The fourth-order valence-electron chi connectivity index (χ4n) is 4.82. The van der Waals surface area contributed by atoms with E-state index in [4.69, 9.17) is 5.41 Å². The number of guanidine groups is 1. The van der Waals surface area contributed by atoms with Crippen molar-refractivity contribution in [2.45, 2.75) is 12.8 Å². The standard InChI is InChI=1S/C25H17N3O2/c26-25(27-17-9-7-13-3-1-5-15-11-19(29)23(17)21(13)15)28-18-10-8-14-4-2-6-16-12-20(30)24(18)22(14)16/h1-10H,11-12H2,(H3,26,27,28). The van der Waals surface area contributed by atoms with Gasteiger partial charge in [0.2, 0.25) is 0 Å². The van der Waals surface area contributed by atoms with E-state index in [1.807, 2.05) is 60.7 Å². The molecule has 30 heavy (non-hydrogen) atoms. The SMILES string of the molecule is N=C(Nc1ccc2cccc3c2c1C(=O)C3)Nc1ccc2cccc3c2c1C(=O)C3. The summed E-state index contributed by atoms with van der Waals surface area (Å²) < 4.78 is 0. The maximum absolute atomic E-state index is 12.6. The number of carbonyl (C=O) groups is 2. The molecule has 0 heterocycles. The van der Waals surface area contributed by atoms with Gasteiger partial charge in [0, 0.05) is 24.0 Å². The van der Waals surface area contributed by atoms with Crippen LogP contribution in [0.2, 0.25) is 0 Å². The molecule has 0 spiro atoms. The molecule has 0 saturated heterocycles. The van der Waals surface area contributed by atoms with E-state index in [-0.39, 0.29) is 17.5 Å². The van der Waals surface area contributed by atoms with E-state index in [1.54, 1.807) is 0 Å². The molecule has 0 bridgehead atoms. The van der Waals surface area contributed by atoms with Crippen molar-refractivity contribution in [3.05, 3.63) is 82.9 Å². The molecule has 2 aliphatic carbocycles. The van der Waals surface area contributed by atoms with Crippen LogP contribution in [-0.4, -0.2) is 17.5 Å². The maximum atomic E-state index is 12.6. The molecule has 6 rings (SSSR count). The van der Waals surface area contributed by atoms with Crippen LogP contribution in [0.5, 0.6) is 0 Å². The Bertz CT molecular complexity index is 1340. The molecule has 0 fully saturated rings. The van der Waals surface area contributed by atoms with E-state index in [0.717, 1.165) is 32.7 Å². The number of Topliss-reactive ketones (excluding diaryl/α,β-unsaturated/α-hetero) is 2. The Kier molecular flexibility index (Phi) is 3.39. The van der Waals surface area contributed by atoms with Crippen LogP contribution in [0.15, 0.2) is 60.7 Å². The van der Waals surface area contributed by atoms with E-state index in [9.17, 15) is 9.59 Å². The van der Waals surface area contributed by atoms with Gasteiger partial charge in [-0.1, -0.05) is 48.5 Å². The number of nitrogens with one attached hydrogen (secondary N) is 3. The largest absolute Gasteiger partial charge is 0.326 e. The fraction of sp³-hybridized carbons (Fsp3) is 0.0800. The molecule has 0 aromatic heterocycles. The van der Waals surface area contributed by atoms with Crippen molar-refractivity contribution in [3.63, 3.8) is 0 Å². The highest BCUT2D eigenvalue weighted by atomic mass is 16.1. The predicted octanol–water partition coefficient (Wildman–Crippen LogP) is 4.93. The van der Waals surface area contributed by atoms with Crippen molar-refractivity contribution < 1.29 is 9.59 Å². The molecule has 3 N–H and O–H groups in total. The lowest BCUT2D eigenvalue weighted by atomic mass is 10.0. The molecule has 0 saturated carbocycles. The Labute approximate surface area is 172 Å². The molecular formula is C25H17N3O2.